The Morgan fingerprint density at radius 2 is 1.89 bits per heavy atom. The molecule has 0 atom stereocenters. The minimum atomic E-state index is 0.658. The van der Waals surface area contributed by atoms with Gasteiger partial charge in [0.2, 0.25) is 0 Å². The van der Waals surface area contributed by atoms with Crippen molar-refractivity contribution in [2.45, 2.75) is 25.7 Å². The van der Waals surface area contributed by atoms with Crippen LogP contribution in [-0.2, 0) is 4.74 Å². The van der Waals surface area contributed by atoms with Crippen molar-refractivity contribution in [1.29, 1.82) is 5.26 Å². The number of ether oxygens (including phenoxy) is 2. The van der Waals surface area contributed by atoms with E-state index in [0.29, 0.717) is 12.2 Å². The minimum Gasteiger partial charge on any atom is -0.494 e. The van der Waals surface area contributed by atoms with Gasteiger partial charge < -0.3 is 9.47 Å². The summed E-state index contributed by atoms with van der Waals surface area (Å²) < 4.78 is 11.1. The van der Waals surface area contributed by atoms with Crippen LogP contribution in [0.5, 0.6) is 5.75 Å². The van der Waals surface area contributed by atoms with Gasteiger partial charge in [-0.15, -0.1) is 0 Å². The molecule has 3 heteroatoms. The van der Waals surface area contributed by atoms with Gasteiger partial charge in [-0.3, -0.25) is 0 Å². The maximum absolute atomic E-state index is 8.66. The van der Waals surface area contributed by atoms with Crippen LogP contribution in [0.15, 0.2) is 24.3 Å². The molecule has 1 aromatic carbocycles. The van der Waals surface area contributed by atoms with E-state index >= 15 is 0 Å². The summed E-state index contributed by atoms with van der Waals surface area (Å²) in [7, 11) is 0. The second-order valence-electron chi connectivity index (χ2n) is 4.68. The van der Waals surface area contributed by atoms with Crippen LogP contribution >= 0.6 is 0 Å². The average Bonchev–Trinajstić information content (AvgIpc) is 3.22. The van der Waals surface area contributed by atoms with Crippen molar-refractivity contribution in [2.24, 2.45) is 5.92 Å². The van der Waals surface area contributed by atoms with Crippen molar-refractivity contribution >= 4 is 0 Å². The Balaban J connectivity index is 1.50. The van der Waals surface area contributed by atoms with Crippen molar-refractivity contribution in [1.82, 2.24) is 0 Å². The molecule has 0 bridgehead atoms. The van der Waals surface area contributed by atoms with E-state index in [1.54, 1.807) is 12.1 Å². The molecule has 0 saturated heterocycles. The third-order valence-electron chi connectivity index (χ3n) is 3.05. The zero-order chi connectivity index (χ0) is 12.6. The molecule has 0 unspecified atom stereocenters. The van der Waals surface area contributed by atoms with E-state index < -0.39 is 0 Å². The number of rotatable bonds is 8. The summed E-state index contributed by atoms with van der Waals surface area (Å²) in [6.45, 7) is 2.32. The normalized spacial score (nSPS) is 14.2. The topological polar surface area (TPSA) is 42.2 Å². The molecule has 3 nitrogen and oxygen atoms in total. The molecule has 0 heterocycles. The van der Waals surface area contributed by atoms with Gasteiger partial charge >= 0.3 is 0 Å². The lowest BCUT2D eigenvalue weighted by Crippen LogP contribution is -2.04. The van der Waals surface area contributed by atoms with Crippen LogP contribution in [-0.4, -0.2) is 19.8 Å². The van der Waals surface area contributed by atoms with Gasteiger partial charge in [0.15, 0.2) is 0 Å². The third-order valence-corrected chi connectivity index (χ3v) is 3.05. The fraction of sp³-hybridized carbons (Fsp3) is 0.533. The summed E-state index contributed by atoms with van der Waals surface area (Å²) in [5.74, 6) is 1.76. The van der Waals surface area contributed by atoms with Crippen LogP contribution in [0.2, 0.25) is 0 Å². The molecule has 96 valence electrons. The van der Waals surface area contributed by atoms with E-state index in [2.05, 4.69) is 6.07 Å². The molecule has 0 spiro atoms. The minimum absolute atomic E-state index is 0.658. The van der Waals surface area contributed by atoms with Gasteiger partial charge in [-0.2, -0.15) is 5.26 Å². The highest BCUT2D eigenvalue weighted by Crippen LogP contribution is 2.32. The third kappa shape index (κ3) is 4.77. The molecule has 0 N–H and O–H groups in total. The molecule has 0 aromatic heterocycles. The van der Waals surface area contributed by atoms with E-state index in [4.69, 9.17) is 14.7 Å². The fourth-order valence-corrected chi connectivity index (χ4v) is 1.74. The maximum atomic E-state index is 8.66. The number of hydrogen-bond acceptors (Lipinski definition) is 3. The Morgan fingerprint density at radius 1 is 1.11 bits per heavy atom. The zero-order valence-electron chi connectivity index (χ0n) is 10.6. The van der Waals surface area contributed by atoms with Gasteiger partial charge in [0.25, 0.3) is 0 Å². The van der Waals surface area contributed by atoms with Crippen LogP contribution < -0.4 is 4.74 Å². The van der Waals surface area contributed by atoms with E-state index in [1.807, 2.05) is 12.1 Å². The first-order valence-corrected chi connectivity index (χ1v) is 6.59. The van der Waals surface area contributed by atoms with Crippen LogP contribution in [0, 0.1) is 17.2 Å². The number of hydrogen-bond donors (Lipinski definition) is 0. The second kappa shape index (κ2) is 7.03. The summed E-state index contributed by atoms with van der Waals surface area (Å²) in [6, 6.07) is 9.27. The van der Waals surface area contributed by atoms with Crippen molar-refractivity contribution in [3.8, 4) is 11.8 Å². The van der Waals surface area contributed by atoms with E-state index in [9.17, 15) is 0 Å². The van der Waals surface area contributed by atoms with Gasteiger partial charge in [0.05, 0.1) is 18.2 Å². The monoisotopic (exact) mass is 245 g/mol. The maximum Gasteiger partial charge on any atom is 0.119 e. The summed E-state index contributed by atoms with van der Waals surface area (Å²) in [5.41, 5.74) is 0.658. The highest BCUT2D eigenvalue weighted by molar-refractivity contribution is 5.34. The van der Waals surface area contributed by atoms with E-state index in [-0.39, 0.29) is 0 Å². The Hall–Kier alpha value is -1.53. The van der Waals surface area contributed by atoms with Crippen molar-refractivity contribution < 1.29 is 9.47 Å². The predicted octanol–water partition coefficient (Wildman–Crippen LogP) is 3.14. The summed E-state index contributed by atoms with van der Waals surface area (Å²) in [4.78, 5) is 0. The Bertz CT molecular complexity index is 390. The highest BCUT2D eigenvalue weighted by Gasteiger charge is 2.20. The average molecular weight is 245 g/mol. The van der Waals surface area contributed by atoms with Gasteiger partial charge in [-0.1, -0.05) is 12.8 Å². The van der Waals surface area contributed by atoms with Crippen molar-refractivity contribution in [3.05, 3.63) is 29.8 Å². The first kappa shape index (κ1) is 12.9. The molecule has 0 radical (unpaired) electrons. The number of nitriles is 1. The van der Waals surface area contributed by atoms with E-state index in [0.717, 1.165) is 31.3 Å². The molecule has 2 rings (SSSR count). The SMILES string of the molecule is N#Cc1ccc(OCCCOCCC2CC2)cc1. The molecule has 18 heavy (non-hydrogen) atoms. The van der Waals surface area contributed by atoms with Gasteiger partial charge in [-0.25, -0.2) is 0 Å². The molecule has 1 saturated carbocycles. The zero-order valence-corrected chi connectivity index (χ0v) is 10.6. The number of benzene rings is 1. The lowest BCUT2D eigenvalue weighted by molar-refractivity contribution is 0.114. The van der Waals surface area contributed by atoms with Gasteiger partial charge in [0.1, 0.15) is 5.75 Å². The largest absolute Gasteiger partial charge is 0.494 e. The second-order valence-corrected chi connectivity index (χ2v) is 4.68. The standard InChI is InChI=1S/C15H19NO2/c16-12-14-4-6-15(7-5-14)18-10-1-9-17-11-8-13-2-3-13/h4-7,13H,1-3,8-11H2. The van der Waals surface area contributed by atoms with Gasteiger partial charge in [-0.05, 0) is 36.6 Å². The lowest BCUT2D eigenvalue weighted by Gasteiger charge is -2.06. The Kier molecular flexibility index (Phi) is 5.04. The van der Waals surface area contributed by atoms with Crippen LogP contribution in [0.25, 0.3) is 0 Å². The molecular formula is C15H19NO2. The molecule has 1 aromatic rings. The fourth-order valence-electron chi connectivity index (χ4n) is 1.74. The first-order valence-electron chi connectivity index (χ1n) is 6.59. The van der Waals surface area contributed by atoms with E-state index in [1.165, 1.54) is 19.3 Å². The summed E-state index contributed by atoms with van der Waals surface area (Å²) in [6.07, 6.45) is 4.91. The smallest absolute Gasteiger partial charge is 0.119 e. The highest BCUT2D eigenvalue weighted by atomic mass is 16.5. The molecule has 0 amide bonds. The summed E-state index contributed by atoms with van der Waals surface area (Å²) >= 11 is 0. The molecule has 1 aliphatic rings. The van der Waals surface area contributed by atoms with Crippen LogP contribution in [0.3, 0.4) is 0 Å². The molecular weight excluding hydrogens is 226 g/mol. The molecule has 1 aliphatic carbocycles. The lowest BCUT2D eigenvalue weighted by atomic mass is 10.2. The quantitative estimate of drug-likeness (QED) is 0.661. The molecule has 1 fully saturated rings. The Labute approximate surface area is 108 Å². The van der Waals surface area contributed by atoms with Gasteiger partial charge in [0, 0.05) is 19.6 Å². The van der Waals surface area contributed by atoms with Crippen molar-refractivity contribution in [2.75, 3.05) is 19.8 Å². The predicted molar refractivity (Wildman–Crippen MR) is 69.4 cm³/mol. The van der Waals surface area contributed by atoms with Crippen LogP contribution in [0.1, 0.15) is 31.2 Å². The van der Waals surface area contributed by atoms with Crippen LogP contribution in [0.4, 0.5) is 0 Å². The number of nitrogens with zero attached hydrogens (tertiary/aromatic N) is 1. The van der Waals surface area contributed by atoms with Crippen molar-refractivity contribution in [3.63, 3.8) is 0 Å². The Morgan fingerprint density at radius 3 is 2.56 bits per heavy atom. The first-order chi connectivity index (χ1) is 8.88. The summed E-state index contributed by atoms with van der Waals surface area (Å²) in [5, 5.41) is 8.66. The molecule has 0 aliphatic heterocycles.